The van der Waals surface area contributed by atoms with Crippen LogP contribution < -0.4 is 40.1 Å². The quantitative estimate of drug-likeness (QED) is 0.339. The molecule has 0 unspecified atom stereocenters. The molecule has 6 nitrogen and oxygen atoms in total. The Labute approximate surface area is 85.1 Å². The molecule has 0 aromatic rings. The number of carbonyl (C=O) groups is 2. The maximum atomic E-state index is 10.1. The van der Waals surface area contributed by atoms with E-state index in [0.717, 1.165) is 7.11 Å². The van der Waals surface area contributed by atoms with Gasteiger partial charge in [0, 0.05) is 0 Å². The van der Waals surface area contributed by atoms with E-state index >= 15 is 0 Å². The number of nitrogens with one attached hydrogen (secondary N) is 1. The molecule has 0 bridgehead atoms. The molecular formula is C4H6NNaO5. The van der Waals surface area contributed by atoms with Crippen LogP contribution in [0, 0.1) is 0 Å². The van der Waals surface area contributed by atoms with Gasteiger partial charge in [-0.1, -0.05) is 0 Å². The van der Waals surface area contributed by atoms with Crippen molar-refractivity contribution in [1.29, 1.82) is 0 Å². The number of hydrogen-bond acceptors (Lipinski definition) is 5. The van der Waals surface area contributed by atoms with Gasteiger partial charge in [0.05, 0.1) is 13.1 Å². The van der Waals surface area contributed by atoms with Crippen LogP contribution in [0.2, 0.25) is 0 Å². The van der Waals surface area contributed by atoms with Crippen molar-refractivity contribution >= 4 is 12.1 Å². The van der Waals surface area contributed by atoms with Crippen molar-refractivity contribution in [2.45, 2.75) is 0 Å². The van der Waals surface area contributed by atoms with Crippen LogP contribution in [-0.4, -0.2) is 25.8 Å². The Morgan fingerprint density at radius 1 is 1.55 bits per heavy atom. The summed E-state index contributed by atoms with van der Waals surface area (Å²) in [4.78, 5) is 23.8. The average Bonchev–Trinajstić information content (AvgIpc) is 1.87. The van der Waals surface area contributed by atoms with Gasteiger partial charge in [-0.05, 0) is 0 Å². The molecule has 0 aliphatic rings. The van der Waals surface area contributed by atoms with Crippen LogP contribution in [0.5, 0.6) is 0 Å². The fourth-order valence-corrected chi connectivity index (χ4v) is 0.196. The van der Waals surface area contributed by atoms with E-state index in [2.05, 4.69) is 9.57 Å². The Morgan fingerprint density at radius 3 is 2.45 bits per heavy atom. The summed E-state index contributed by atoms with van der Waals surface area (Å²) in [5, 5.41) is 9.64. The van der Waals surface area contributed by atoms with Crippen LogP contribution >= 0.6 is 0 Å². The van der Waals surface area contributed by atoms with Gasteiger partial charge in [0.1, 0.15) is 6.61 Å². The molecule has 11 heavy (non-hydrogen) atoms. The summed E-state index contributed by atoms with van der Waals surface area (Å²) in [6.45, 7) is -0.699. The monoisotopic (exact) mass is 171 g/mol. The van der Waals surface area contributed by atoms with Crippen LogP contribution in [-0.2, 0) is 14.4 Å². The number of ether oxygens (including phenoxy) is 1. The number of hydroxylamine groups is 1. The molecule has 0 aliphatic carbocycles. The van der Waals surface area contributed by atoms with Gasteiger partial charge < -0.3 is 14.6 Å². The molecule has 0 fully saturated rings. The Balaban J connectivity index is 0. The molecule has 0 heterocycles. The first-order valence-electron chi connectivity index (χ1n) is 2.32. The first-order valence-corrected chi connectivity index (χ1v) is 2.32. The van der Waals surface area contributed by atoms with Crippen LogP contribution in [0.4, 0.5) is 4.79 Å². The maximum Gasteiger partial charge on any atom is 1.00 e. The smallest absolute Gasteiger partial charge is 0.548 e. The summed E-state index contributed by atoms with van der Waals surface area (Å²) < 4.78 is 4.04. The van der Waals surface area contributed by atoms with Crippen molar-refractivity contribution in [1.82, 2.24) is 5.48 Å². The second kappa shape index (κ2) is 7.80. The van der Waals surface area contributed by atoms with Gasteiger partial charge in [-0.25, -0.2) is 4.79 Å². The largest absolute Gasteiger partial charge is 1.00 e. The van der Waals surface area contributed by atoms with Gasteiger partial charge in [0.2, 0.25) is 0 Å². The van der Waals surface area contributed by atoms with E-state index in [1.54, 1.807) is 5.48 Å². The fourth-order valence-electron chi connectivity index (χ4n) is 0.196. The average molecular weight is 171 g/mol. The SMILES string of the molecule is COC(=O)NOCC(=O)[O-].[Na+]. The third-order valence-corrected chi connectivity index (χ3v) is 0.531. The number of methoxy groups -OCH3 is 1. The first-order chi connectivity index (χ1) is 4.66. The second-order valence-corrected chi connectivity index (χ2v) is 1.25. The minimum atomic E-state index is -1.42. The summed E-state index contributed by atoms with van der Waals surface area (Å²) in [5.41, 5.74) is 1.68. The zero-order chi connectivity index (χ0) is 7.98. The summed E-state index contributed by atoms with van der Waals surface area (Å²) in [7, 11) is 1.12. The van der Waals surface area contributed by atoms with Gasteiger partial charge in [-0.15, -0.1) is 0 Å². The predicted molar refractivity (Wildman–Crippen MR) is 26.5 cm³/mol. The molecule has 0 spiro atoms. The molecule has 0 aromatic heterocycles. The van der Waals surface area contributed by atoms with Gasteiger partial charge in [-0.3, -0.25) is 4.84 Å². The van der Waals surface area contributed by atoms with Gasteiger partial charge in [-0.2, -0.15) is 5.48 Å². The number of hydrogen-bond donors (Lipinski definition) is 1. The number of rotatable bonds is 3. The second-order valence-electron chi connectivity index (χ2n) is 1.25. The van der Waals surface area contributed by atoms with E-state index in [-0.39, 0.29) is 29.6 Å². The van der Waals surface area contributed by atoms with Crippen LogP contribution in [0.15, 0.2) is 0 Å². The van der Waals surface area contributed by atoms with Gasteiger partial charge in [0.25, 0.3) is 0 Å². The minimum absolute atomic E-state index is 0. The molecule has 58 valence electrons. The third kappa shape index (κ3) is 9.70. The van der Waals surface area contributed by atoms with E-state index < -0.39 is 18.7 Å². The van der Waals surface area contributed by atoms with Gasteiger partial charge in [0.15, 0.2) is 0 Å². The van der Waals surface area contributed by atoms with Crippen molar-refractivity contribution in [2.75, 3.05) is 13.7 Å². The minimum Gasteiger partial charge on any atom is -0.548 e. The Kier molecular flexibility index (Phi) is 9.44. The molecule has 0 saturated carbocycles. The normalized spacial score (nSPS) is 7.73. The first kappa shape index (κ1) is 13.3. The Hall–Kier alpha value is -0.300. The molecule has 1 amide bonds. The fraction of sp³-hybridized carbons (Fsp3) is 0.500. The Bertz CT molecular complexity index is 138. The molecule has 0 aromatic carbocycles. The third-order valence-electron chi connectivity index (χ3n) is 0.531. The van der Waals surface area contributed by atoms with Gasteiger partial charge >= 0.3 is 35.7 Å². The van der Waals surface area contributed by atoms with E-state index in [0.29, 0.717) is 0 Å². The standard InChI is InChI=1S/C4H7NO5.Na/c1-9-4(8)5-10-2-3(6)7;/h2H2,1H3,(H,5,8)(H,6,7);/q;+1/p-1. The number of carboxylic acids is 1. The van der Waals surface area contributed by atoms with E-state index in [1.165, 1.54) is 0 Å². The summed E-state index contributed by atoms with van der Waals surface area (Å²) >= 11 is 0. The Morgan fingerprint density at radius 2 is 2.09 bits per heavy atom. The molecule has 1 N–H and O–H groups in total. The molecule has 0 aliphatic heterocycles. The van der Waals surface area contributed by atoms with Crippen molar-refractivity contribution in [3.05, 3.63) is 0 Å². The molecule has 0 atom stereocenters. The van der Waals surface area contributed by atoms with Crippen LogP contribution in [0.1, 0.15) is 0 Å². The molecule has 0 rings (SSSR count). The van der Waals surface area contributed by atoms with Crippen molar-refractivity contribution < 1.29 is 53.8 Å². The number of amides is 1. The van der Waals surface area contributed by atoms with Crippen LogP contribution in [0.25, 0.3) is 0 Å². The molecule has 0 saturated heterocycles. The molecule has 0 radical (unpaired) electrons. The van der Waals surface area contributed by atoms with E-state index in [9.17, 15) is 14.7 Å². The zero-order valence-electron chi connectivity index (χ0n) is 6.25. The van der Waals surface area contributed by atoms with Crippen molar-refractivity contribution in [3.63, 3.8) is 0 Å². The number of carbonyl (C=O) groups excluding carboxylic acids is 2. The molecular weight excluding hydrogens is 165 g/mol. The summed E-state index contributed by atoms with van der Waals surface area (Å²) in [6, 6.07) is 0. The van der Waals surface area contributed by atoms with Crippen molar-refractivity contribution in [3.8, 4) is 0 Å². The summed E-state index contributed by atoms with van der Waals surface area (Å²) in [5.74, 6) is -1.42. The number of aliphatic carboxylic acids is 1. The van der Waals surface area contributed by atoms with Crippen LogP contribution in [0.3, 0.4) is 0 Å². The zero-order valence-corrected chi connectivity index (χ0v) is 8.25. The van der Waals surface area contributed by atoms with E-state index in [4.69, 9.17) is 0 Å². The predicted octanol–water partition coefficient (Wildman–Crippen LogP) is -4.97. The van der Waals surface area contributed by atoms with E-state index in [1.807, 2.05) is 0 Å². The maximum absolute atomic E-state index is 10.1. The number of carboxylic acid groups (broad SMARTS) is 1. The summed E-state index contributed by atoms with van der Waals surface area (Å²) in [6.07, 6.45) is -0.860. The topological polar surface area (TPSA) is 87.7 Å². The van der Waals surface area contributed by atoms with Crippen molar-refractivity contribution in [2.24, 2.45) is 0 Å². The molecule has 7 heteroatoms.